The van der Waals surface area contributed by atoms with Crippen LogP contribution in [0.4, 0.5) is 5.82 Å². The van der Waals surface area contributed by atoms with Gasteiger partial charge in [0.15, 0.2) is 8.32 Å². The second-order valence-electron chi connectivity index (χ2n) is 10.7. The Kier molecular flexibility index (Phi) is 8.73. The van der Waals surface area contributed by atoms with Gasteiger partial charge in [-0.05, 0) is 29.8 Å². The Labute approximate surface area is 218 Å². The maximum absolute atomic E-state index is 13.3. The van der Waals surface area contributed by atoms with Crippen LogP contribution in [0.3, 0.4) is 0 Å². The monoisotopic (exact) mass is 531 g/mol. The summed E-state index contributed by atoms with van der Waals surface area (Å²) >= 11 is 0. The lowest BCUT2D eigenvalue weighted by Crippen LogP contribution is -2.57. The normalized spacial score (nSPS) is 22.0. The average molecular weight is 532 g/mol. The van der Waals surface area contributed by atoms with E-state index in [9.17, 15) is 14.4 Å². The van der Waals surface area contributed by atoms with Crippen molar-refractivity contribution in [3.05, 3.63) is 58.6 Å². The molecule has 0 spiro atoms. The summed E-state index contributed by atoms with van der Waals surface area (Å²) in [7, 11) is -1.10. The van der Waals surface area contributed by atoms with Gasteiger partial charge in [-0.25, -0.2) is 9.59 Å². The van der Waals surface area contributed by atoms with Gasteiger partial charge in [0.1, 0.15) is 12.0 Å². The maximum Gasteiger partial charge on any atom is 0.351 e. The summed E-state index contributed by atoms with van der Waals surface area (Å²) in [6.45, 7) is 11.9. The van der Waals surface area contributed by atoms with Crippen LogP contribution in [0.25, 0.3) is 0 Å². The molecule has 1 amide bonds. The number of methoxy groups -OCH3 is 1. The Hall–Kier alpha value is -2.86. The molecule has 37 heavy (non-hydrogen) atoms. The average Bonchev–Trinajstić information content (AvgIpc) is 3.16. The highest BCUT2D eigenvalue weighted by atomic mass is 28.4. The Morgan fingerprint density at radius 2 is 1.89 bits per heavy atom. The molecule has 11 heteroatoms. The molecule has 202 valence electrons. The molecule has 1 aliphatic heterocycles. The number of anilines is 1. The molecule has 1 fully saturated rings. The predicted octanol–water partition coefficient (Wildman–Crippen LogP) is 3.64. The number of esters is 1. The summed E-state index contributed by atoms with van der Waals surface area (Å²) in [6, 6.07) is 11.1. The third-order valence-electron chi connectivity index (χ3n) is 6.93. The van der Waals surface area contributed by atoms with Crippen LogP contribution >= 0.6 is 0 Å². The molecule has 1 N–H and O–H groups in total. The molecule has 2 aromatic rings. The van der Waals surface area contributed by atoms with Gasteiger partial charge in [0.25, 0.3) is 0 Å². The molecule has 1 aliphatic rings. The molecular weight excluding hydrogens is 494 g/mol. The fourth-order valence-corrected chi connectivity index (χ4v) is 5.25. The smallest absolute Gasteiger partial charge is 0.351 e. The van der Waals surface area contributed by atoms with E-state index in [4.69, 9.17) is 18.6 Å². The number of nitrogens with one attached hydrogen (secondary N) is 1. The lowest BCUT2D eigenvalue weighted by molar-refractivity contribution is -0.191. The van der Waals surface area contributed by atoms with Gasteiger partial charge in [0.05, 0.1) is 26.4 Å². The van der Waals surface area contributed by atoms with Crippen LogP contribution in [0.15, 0.2) is 47.4 Å². The summed E-state index contributed by atoms with van der Waals surface area (Å²) in [5, 5.41) is 2.35. The van der Waals surface area contributed by atoms with Crippen molar-refractivity contribution in [2.24, 2.45) is 0 Å². The van der Waals surface area contributed by atoms with Gasteiger partial charge >= 0.3 is 11.7 Å². The molecule has 0 saturated carbocycles. The predicted molar refractivity (Wildman–Crippen MR) is 140 cm³/mol. The van der Waals surface area contributed by atoms with Crippen molar-refractivity contribution < 1.29 is 28.2 Å². The van der Waals surface area contributed by atoms with E-state index in [-0.39, 0.29) is 36.4 Å². The molecular formula is C26H37N3O7Si. The first-order valence-corrected chi connectivity index (χ1v) is 15.1. The van der Waals surface area contributed by atoms with Gasteiger partial charge in [-0.2, -0.15) is 4.98 Å². The highest BCUT2D eigenvalue weighted by Crippen LogP contribution is 2.45. The van der Waals surface area contributed by atoms with Crippen molar-refractivity contribution in [1.29, 1.82) is 0 Å². The minimum Gasteiger partial charge on any atom is -0.467 e. The van der Waals surface area contributed by atoms with Crippen molar-refractivity contribution in [1.82, 2.24) is 9.55 Å². The molecule has 1 aromatic carbocycles. The largest absolute Gasteiger partial charge is 0.467 e. The lowest BCUT2D eigenvalue weighted by atomic mass is 9.97. The van der Waals surface area contributed by atoms with Gasteiger partial charge in [-0.1, -0.05) is 51.1 Å². The molecule has 0 aliphatic carbocycles. The van der Waals surface area contributed by atoms with Crippen LogP contribution in [0.5, 0.6) is 0 Å². The van der Waals surface area contributed by atoms with Gasteiger partial charge in [-0.3, -0.25) is 9.36 Å². The van der Waals surface area contributed by atoms with E-state index in [0.717, 1.165) is 5.56 Å². The molecule has 1 saturated heterocycles. The SMILES string of the molecule is COC(=O)[C@]1(COCc2ccccc2)O[C@@H](n2ccc(NC(C)=O)nc2=O)C[C@@H]1O[Si](C)(C)C(C)(C)C. The fraction of sp³-hybridized carbons (Fsp3) is 0.538. The van der Waals surface area contributed by atoms with Crippen LogP contribution in [0, 0.1) is 0 Å². The van der Waals surface area contributed by atoms with Crippen molar-refractivity contribution in [2.45, 2.75) is 76.8 Å². The van der Waals surface area contributed by atoms with Crippen molar-refractivity contribution >= 4 is 26.0 Å². The summed E-state index contributed by atoms with van der Waals surface area (Å²) in [5.41, 5.74) is -1.29. The maximum atomic E-state index is 13.3. The first-order valence-electron chi connectivity index (χ1n) is 12.2. The third kappa shape index (κ3) is 6.53. The van der Waals surface area contributed by atoms with Gasteiger partial charge in [0.2, 0.25) is 11.5 Å². The first kappa shape index (κ1) is 28.7. The number of amides is 1. The second-order valence-corrected chi connectivity index (χ2v) is 15.5. The zero-order chi connectivity index (χ0) is 27.4. The standard InChI is InChI=1S/C26H37N3O7Si/c1-18(30)27-21-13-14-29(24(32)28-21)22-15-20(36-37(6,7)25(2,3)4)26(35-22,23(31)33-5)17-34-16-19-11-9-8-10-12-19/h8-14,20,22H,15-17H2,1-7H3,(H,27,28,30,32)/t20-,22+,26+/m0/s1. The number of carbonyl (C=O) groups excluding carboxylic acids is 2. The molecule has 10 nitrogen and oxygen atoms in total. The Balaban J connectivity index is 1.97. The van der Waals surface area contributed by atoms with E-state index >= 15 is 0 Å². The fourth-order valence-electron chi connectivity index (χ4n) is 3.90. The van der Waals surface area contributed by atoms with Crippen LogP contribution in [0.1, 0.15) is 45.9 Å². The first-order chi connectivity index (χ1) is 17.3. The van der Waals surface area contributed by atoms with Crippen LogP contribution < -0.4 is 11.0 Å². The molecule has 0 unspecified atom stereocenters. The number of carbonyl (C=O) groups is 2. The quantitative estimate of drug-likeness (QED) is 0.385. The van der Waals surface area contributed by atoms with Crippen molar-refractivity contribution in [3.63, 3.8) is 0 Å². The topological polar surface area (TPSA) is 118 Å². The number of nitrogens with zero attached hydrogens (tertiary/aromatic N) is 2. The summed E-state index contributed by atoms with van der Waals surface area (Å²) in [4.78, 5) is 41.5. The zero-order valence-electron chi connectivity index (χ0n) is 22.6. The number of hydrogen-bond acceptors (Lipinski definition) is 8. The lowest BCUT2D eigenvalue weighted by Gasteiger charge is -2.41. The minimum absolute atomic E-state index is 0.128. The molecule has 1 aromatic heterocycles. The second kappa shape index (κ2) is 11.3. The Morgan fingerprint density at radius 1 is 1.22 bits per heavy atom. The summed E-state index contributed by atoms with van der Waals surface area (Å²) in [6.07, 6.45) is 0.0913. The highest BCUT2D eigenvalue weighted by Gasteiger charge is 2.59. The van der Waals surface area contributed by atoms with Gasteiger partial charge in [0, 0.05) is 19.5 Å². The summed E-state index contributed by atoms with van der Waals surface area (Å²) in [5.74, 6) is -0.848. The molecule has 3 atom stereocenters. The molecule has 0 bridgehead atoms. The molecule has 3 rings (SSSR count). The van der Waals surface area contributed by atoms with Crippen LogP contribution in [-0.2, 0) is 34.8 Å². The summed E-state index contributed by atoms with van der Waals surface area (Å²) < 4.78 is 25.5. The van der Waals surface area contributed by atoms with Crippen LogP contribution in [0.2, 0.25) is 18.1 Å². The van der Waals surface area contributed by atoms with Crippen LogP contribution in [-0.4, -0.2) is 55.2 Å². The molecule has 2 heterocycles. The third-order valence-corrected chi connectivity index (χ3v) is 11.4. The van der Waals surface area contributed by atoms with E-state index in [1.54, 1.807) is 0 Å². The zero-order valence-corrected chi connectivity index (χ0v) is 23.6. The van der Waals surface area contributed by atoms with E-state index < -0.39 is 37.9 Å². The van der Waals surface area contributed by atoms with Crippen molar-refractivity contribution in [3.8, 4) is 0 Å². The van der Waals surface area contributed by atoms with E-state index in [1.807, 2.05) is 30.3 Å². The van der Waals surface area contributed by atoms with E-state index in [2.05, 4.69) is 44.2 Å². The van der Waals surface area contributed by atoms with E-state index in [0.29, 0.717) is 0 Å². The number of hydrogen-bond donors (Lipinski definition) is 1. The van der Waals surface area contributed by atoms with Crippen molar-refractivity contribution in [2.75, 3.05) is 19.0 Å². The molecule has 0 radical (unpaired) electrons. The number of benzene rings is 1. The Morgan fingerprint density at radius 3 is 2.46 bits per heavy atom. The number of aromatic nitrogens is 2. The Bertz CT molecular complexity index is 1160. The highest BCUT2D eigenvalue weighted by molar-refractivity contribution is 6.74. The van der Waals surface area contributed by atoms with E-state index in [1.165, 1.54) is 30.9 Å². The number of ether oxygens (including phenoxy) is 3. The van der Waals surface area contributed by atoms with Gasteiger partial charge in [-0.15, -0.1) is 0 Å². The van der Waals surface area contributed by atoms with Gasteiger partial charge < -0.3 is 24.0 Å². The number of rotatable bonds is 9. The minimum atomic E-state index is -2.39.